The molecule has 0 aliphatic rings. The van der Waals surface area contributed by atoms with Crippen LogP contribution in [0.1, 0.15) is 31.9 Å². The van der Waals surface area contributed by atoms with Crippen LogP contribution in [0.4, 0.5) is 4.79 Å². The van der Waals surface area contributed by atoms with E-state index in [0.29, 0.717) is 19.7 Å². The van der Waals surface area contributed by atoms with E-state index in [1.807, 2.05) is 36.4 Å². The maximum Gasteiger partial charge on any atom is 0.315 e. The molecule has 140 valence electrons. The summed E-state index contributed by atoms with van der Waals surface area (Å²) in [6.45, 7) is 7.86. The molecule has 0 unspecified atom stereocenters. The fourth-order valence-electron chi connectivity index (χ4n) is 2.37. The van der Waals surface area contributed by atoms with Gasteiger partial charge in [-0.2, -0.15) is 0 Å². The maximum absolute atomic E-state index is 11.8. The normalized spacial score (nSPS) is 10.9. The molecule has 2 amide bonds. The Morgan fingerprint density at radius 1 is 0.923 bits per heavy atom. The number of carbonyl (C=O) groups excluding carboxylic acids is 1. The Bertz CT molecular complexity index is 689. The van der Waals surface area contributed by atoms with Gasteiger partial charge in [-0.25, -0.2) is 4.79 Å². The van der Waals surface area contributed by atoms with Crippen LogP contribution >= 0.6 is 0 Å². The molecule has 0 aromatic heterocycles. The summed E-state index contributed by atoms with van der Waals surface area (Å²) in [6, 6.07) is 15.4. The predicted molar refractivity (Wildman–Crippen MR) is 104 cm³/mol. The van der Waals surface area contributed by atoms with Crippen molar-refractivity contribution in [2.75, 3.05) is 20.3 Å². The molecule has 2 aromatic carbocycles. The van der Waals surface area contributed by atoms with E-state index in [2.05, 4.69) is 43.5 Å². The van der Waals surface area contributed by atoms with E-state index in [1.54, 1.807) is 7.11 Å². The molecule has 0 saturated carbocycles. The lowest BCUT2D eigenvalue weighted by molar-refractivity contribution is 0.236. The van der Waals surface area contributed by atoms with Gasteiger partial charge in [0.1, 0.15) is 18.1 Å². The van der Waals surface area contributed by atoms with Gasteiger partial charge in [0.05, 0.1) is 13.7 Å². The third kappa shape index (κ3) is 6.31. The van der Waals surface area contributed by atoms with Crippen LogP contribution in [0.3, 0.4) is 0 Å². The molecular weight excluding hydrogens is 328 g/mol. The van der Waals surface area contributed by atoms with Crippen LogP contribution in [-0.4, -0.2) is 26.3 Å². The van der Waals surface area contributed by atoms with E-state index >= 15 is 0 Å². The second kappa shape index (κ2) is 9.13. The number of nitrogens with one attached hydrogen (secondary N) is 2. The van der Waals surface area contributed by atoms with Crippen LogP contribution in [0.15, 0.2) is 48.5 Å². The summed E-state index contributed by atoms with van der Waals surface area (Å²) >= 11 is 0. The number of urea groups is 1. The number of methoxy groups -OCH3 is 1. The zero-order valence-corrected chi connectivity index (χ0v) is 16.0. The van der Waals surface area contributed by atoms with Gasteiger partial charge >= 0.3 is 6.03 Å². The average molecular weight is 356 g/mol. The van der Waals surface area contributed by atoms with Gasteiger partial charge in [-0.1, -0.05) is 45.0 Å². The van der Waals surface area contributed by atoms with Crippen molar-refractivity contribution >= 4 is 6.03 Å². The van der Waals surface area contributed by atoms with Crippen LogP contribution in [0.25, 0.3) is 0 Å². The van der Waals surface area contributed by atoms with Crippen molar-refractivity contribution in [3.05, 3.63) is 59.7 Å². The van der Waals surface area contributed by atoms with Crippen LogP contribution < -0.4 is 20.1 Å². The van der Waals surface area contributed by atoms with Gasteiger partial charge < -0.3 is 20.1 Å². The summed E-state index contributed by atoms with van der Waals surface area (Å²) < 4.78 is 10.8. The van der Waals surface area contributed by atoms with E-state index in [1.165, 1.54) is 5.56 Å². The van der Waals surface area contributed by atoms with Crippen molar-refractivity contribution in [2.24, 2.45) is 0 Å². The fourth-order valence-corrected chi connectivity index (χ4v) is 2.37. The quantitative estimate of drug-likeness (QED) is 0.741. The Labute approximate surface area is 155 Å². The van der Waals surface area contributed by atoms with E-state index in [-0.39, 0.29) is 11.4 Å². The Morgan fingerprint density at radius 3 is 2.12 bits per heavy atom. The van der Waals surface area contributed by atoms with Crippen LogP contribution in [0, 0.1) is 0 Å². The van der Waals surface area contributed by atoms with Crippen molar-refractivity contribution in [2.45, 2.75) is 32.7 Å². The van der Waals surface area contributed by atoms with Gasteiger partial charge in [-0.3, -0.25) is 0 Å². The van der Waals surface area contributed by atoms with E-state index < -0.39 is 0 Å². The number of carbonyl (C=O) groups is 1. The molecule has 26 heavy (non-hydrogen) atoms. The summed E-state index contributed by atoms with van der Waals surface area (Å²) in [5.74, 6) is 1.60. The monoisotopic (exact) mass is 356 g/mol. The molecule has 2 rings (SSSR count). The molecule has 0 bridgehead atoms. The van der Waals surface area contributed by atoms with Gasteiger partial charge in [-0.05, 0) is 40.8 Å². The number of benzene rings is 2. The largest absolute Gasteiger partial charge is 0.497 e. The number of hydrogen-bond acceptors (Lipinski definition) is 3. The molecule has 0 atom stereocenters. The van der Waals surface area contributed by atoms with Crippen LogP contribution in [-0.2, 0) is 12.0 Å². The third-order valence-corrected chi connectivity index (χ3v) is 3.99. The lowest BCUT2D eigenvalue weighted by atomic mass is 9.87. The van der Waals surface area contributed by atoms with Crippen molar-refractivity contribution in [3.63, 3.8) is 0 Å². The first kappa shape index (κ1) is 19.6. The Morgan fingerprint density at radius 2 is 1.54 bits per heavy atom. The van der Waals surface area contributed by atoms with E-state index in [4.69, 9.17) is 9.47 Å². The zero-order valence-electron chi connectivity index (χ0n) is 16.0. The number of ether oxygens (including phenoxy) is 2. The molecule has 5 heteroatoms. The summed E-state index contributed by atoms with van der Waals surface area (Å²) in [6.07, 6.45) is 0. The van der Waals surface area contributed by atoms with Gasteiger partial charge in [0, 0.05) is 6.54 Å². The molecule has 2 N–H and O–H groups in total. The molecule has 2 aromatic rings. The van der Waals surface area contributed by atoms with Gasteiger partial charge in [-0.15, -0.1) is 0 Å². The minimum Gasteiger partial charge on any atom is -0.497 e. The van der Waals surface area contributed by atoms with Crippen molar-refractivity contribution < 1.29 is 14.3 Å². The van der Waals surface area contributed by atoms with Crippen LogP contribution in [0.5, 0.6) is 11.5 Å². The number of amides is 2. The lowest BCUT2D eigenvalue weighted by Gasteiger charge is -2.19. The van der Waals surface area contributed by atoms with Gasteiger partial charge in [0.25, 0.3) is 0 Å². The first-order valence-corrected chi connectivity index (χ1v) is 8.76. The number of hydrogen-bond donors (Lipinski definition) is 2. The summed E-state index contributed by atoms with van der Waals surface area (Å²) in [7, 11) is 1.63. The SMILES string of the molecule is COc1ccc(CNC(=O)NCCOc2ccc(C(C)(C)C)cc2)cc1. The molecule has 0 radical (unpaired) electrons. The highest BCUT2D eigenvalue weighted by Gasteiger charge is 2.12. The highest BCUT2D eigenvalue weighted by molar-refractivity contribution is 5.73. The second-order valence-corrected chi connectivity index (χ2v) is 7.08. The third-order valence-electron chi connectivity index (χ3n) is 3.99. The topological polar surface area (TPSA) is 59.6 Å². The number of rotatable bonds is 7. The molecule has 0 aliphatic carbocycles. The minimum atomic E-state index is -0.215. The second-order valence-electron chi connectivity index (χ2n) is 7.08. The van der Waals surface area contributed by atoms with Crippen molar-refractivity contribution in [3.8, 4) is 11.5 Å². The first-order valence-electron chi connectivity index (χ1n) is 8.76. The lowest BCUT2D eigenvalue weighted by Crippen LogP contribution is -2.37. The average Bonchev–Trinajstić information content (AvgIpc) is 2.63. The minimum absolute atomic E-state index is 0.127. The van der Waals surface area contributed by atoms with Crippen molar-refractivity contribution in [1.82, 2.24) is 10.6 Å². The molecule has 0 fully saturated rings. The fraction of sp³-hybridized carbons (Fsp3) is 0.381. The van der Waals surface area contributed by atoms with E-state index in [9.17, 15) is 4.79 Å². The predicted octanol–water partition coefficient (Wildman–Crippen LogP) is 3.87. The Kier molecular flexibility index (Phi) is 6.89. The van der Waals surface area contributed by atoms with Gasteiger partial charge in [0.15, 0.2) is 0 Å². The molecule has 5 nitrogen and oxygen atoms in total. The maximum atomic E-state index is 11.8. The summed E-state index contributed by atoms with van der Waals surface area (Å²) in [5.41, 5.74) is 2.40. The van der Waals surface area contributed by atoms with Crippen molar-refractivity contribution in [1.29, 1.82) is 0 Å². The Hall–Kier alpha value is -2.69. The molecule has 0 heterocycles. The van der Waals surface area contributed by atoms with Crippen LogP contribution in [0.2, 0.25) is 0 Å². The summed E-state index contributed by atoms with van der Waals surface area (Å²) in [5, 5.41) is 5.59. The first-order chi connectivity index (χ1) is 12.4. The summed E-state index contributed by atoms with van der Waals surface area (Å²) in [4.78, 5) is 11.8. The molecular formula is C21H28N2O3. The zero-order chi connectivity index (χ0) is 19.0. The molecule has 0 spiro atoms. The van der Waals surface area contributed by atoms with E-state index in [0.717, 1.165) is 17.1 Å². The molecule has 0 aliphatic heterocycles. The highest BCUT2D eigenvalue weighted by atomic mass is 16.5. The smallest absolute Gasteiger partial charge is 0.315 e. The Balaban J connectivity index is 1.65. The molecule has 0 saturated heterocycles. The van der Waals surface area contributed by atoms with Gasteiger partial charge in [0.2, 0.25) is 0 Å². The highest BCUT2D eigenvalue weighted by Crippen LogP contribution is 2.24. The standard InChI is InChI=1S/C21H28N2O3/c1-21(2,3)17-7-11-19(12-8-17)26-14-13-22-20(24)23-15-16-5-9-18(25-4)10-6-16/h5-12H,13-15H2,1-4H3,(H2,22,23,24).